The topological polar surface area (TPSA) is 55.1 Å². The monoisotopic (exact) mass is 248 g/mol. The van der Waals surface area contributed by atoms with Crippen molar-refractivity contribution in [1.29, 1.82) is 0 Å². The molecule has 18 heavy (non-hydrogen) atoms. The van der Waals surface area contributed by atoms with Crippen molar-refractivity contribution in [2.75, 3.05) is 11.1 Å². The third-order valence-corrected chi connectivity index (χ3v) is 3.20. The Morgan fingerprint density at radius 2 is 1.89 bits per heavy atom. The summed E-state index contributed by atoms with van der Waals surface area (Å²) in [6.07, 6.45) is 3.93. The number of nitrogens with one attached hydrogen (secondary N) is 1. The predicted molar refractivity (Wildman–Crippen MR) is 77.5 cm³/mol. The molecule has 0 fully saturated rings. The quantitative estimate of drug-likeness (QED) is 0.754. The second-order valence-electron chi connectivity index (χ2n) is 4.80. The van der Waals surface area contributed by atoms with Crippen LogP contribution in [-0.4, -0.2) is 5.91 Å². The van der Waals surface area contributed by atoms with E-state index in [0.717, 1.165) is 36.9 Å². The maximum Gasteiger partial charge on any atom is 0.227 e. The molecule has 3 nitrogen and oxygen atoms in total. The molecule has 0 spiro atoms. The van der Waals surface area contributed by atoms with Crippen molar-refractivity contribution >= 4 is 17.3 Å². The van der Waals surface area contributed by atoms with E-state index < -0.39 is 0 Å². The second-order valence-corrected chi connectivity index (χ2v) is 4.80. The van der Waals surface area contributed by atoms with Crippen LogP contribution < -0.4 is 11.1 Å². The molecule has 1 aromatic carbocycles. The summed E-state index contributed by atoms with van der Waals surface area (Å²) in [6, 6.07) is 5.67. The van der Waals surface area contributed by atoms with Crippen molar-refractivity contribution in [3.8, 4) is 0 Å². The molecule has 0 aromatic heterocycles. The van der Waals surface area contributed by atoms with Gasteiger partial charge in [0.1, 0.15) is 0 Å². The minimum Gasteiger partial charge on any atom is -0.397 e. The van der Waals surface area contributed by atoms with Crippen molar-refractivity contribution in [1.82, 2.24) is 0 Å². The molecule has 1 aromatic rings. The van der Waals surface area contributed by atoms with Crippen molar-refractivity contribution in [3.05, 3.63) is 23.8 Å². The first kappa shape index (κ1) is 14.6. The number of carbonyl (C=O) groups is 1. The number of anilines is 2. The molecular formula is C15H24N2O. The molecule has 0 aliphatic heterocycles. The van der Waals surface area contributed by atoms with Gasteiger partial charge in [-0.1, -0.05) is 38.8 Å². The van der Waals surface area contributed by atoms with Crippen LogP contribution in [0, 0.1) is 12.8 Å². The van der Waals surface area contributed by atoms with Gasteiger partial charge in [0.05, 0.1) is 11.4 Å². The fraction of sp³-hybridized carbons (Fsp3) is 0.533. The van der Waals surface area contributed by atoms with Gasteiger partial charge in [-0.2, -0.15) is 0 Å². The number of para-hydroxylation sites is 1. The molecule has 0 saturated carbocycles. The van der Waals surface area contributed by atoms with Gasteiger partial charge in [0.15, 0.2) is 0 Å². The Hall–Kier alpha value is -1.51. The number of nitrogen functional groups attached to an aromatic ring is 1. The summed E-state index contributed by atoms with van der Waals surface area (Å²) in [7, 11) is 0. The summed E-state index contributed by atoms with van der Waals surface area (Å²) in [5, 5.41) is 2.98. The zero-order valence-corrected chi connectivity index (χ0v) is 11.6. The maximum atomic E-state index is 12.2. The van der Waals surface area contributed by atoms with Crippen molar-refractivity contribution in [3.63, 3.8) is 0 Å². The molecule has 100 valence electrons. The smallest absolute Gasteiger partial charge is 0.227 e. The Bertz CT molecular complexity index is 375. The highest BCUT2D eigenvalue weighted by atomic mass is 16.1. The molecular weight excluding hydrogens is 224 g/mol. The standard InChI is InChI=1S/C15H24N2O/c1-4-7-12(8-5-2)15(18)17-14-11(3)9-6-10-13(14)16/h6,9-10,12H,4-5,7-8,16H2,1-3H3,(H,17,18). The van der Waals surface area contributed by atoms with Crippen LogP contribution in [0.5, 0.6) is 0 Å². The molecule has 0 atom stereocenters. The number of carbonyl (C=O) groups excluding carboxylic acids is 1. The van der Waals surface area contributed by atoms with Crippen LogP contribution in [0.1, 0.15) is 45.1 Å². The number of hydrogen-bond acceptors (Lipinski definition) is 2. The van der Waals surface area contributed by atoms with Crippen LogP contribution in [0.25, 0.3) is 0 Å². The van der Waals surface area contributed by atoms with Crippen LogP contribution >= 0.6 is 0 Å². The van der Waals surface area contributed by atoms with E-state index in [4.69, 9.17) is 5.73 Å². The summed E-state index contributed by atoms with van der Waals surface area (Å²) in [5.74, 6) is 0.193. The lowest BCUT2D eigenvalue weighted by Gasteiger charge is -2.17. The largest absolute Gasteiger partial charge is 0.397 e. The van der Waals surface area contributed by atoms with E-state index >= 15 is 0 Å². The van der Waals surface area contributed by atoms with Crippen molar-refractivity contribution in [2.45, 2.75) is 46.5 Å². The van der Waals surface area contributed by atoms with Crippen LogP contribution in [0.4, 0.5) is 11.4 Å². The zero-order chi connectivity index (χ0) is 13.5. The first-order valence-electron chi connectivity index (χ1n) is 6.76. The Morgan fingerprint density at radius 3 is 2.39 bits per heavy atom. The van der Waals surface area contributed by atoms with Gasteiger partial charge in [-0.15, -0.1) is 0 Å². The van der Waals surface area contributed by atoms with E-state index in [-0.39, 0.29) is 11.8 Å². The fourth-order valence-corrected chi connectivity index (χ4v) is 2.19. The molecule has 0 radical (unpaired) electrons. The van der Waals surface area contributed by atoms with Crippen LogP contribution in [0.15, 0.2) is 18.2 Å². The Labute approximate surface area is 110 Å². The lowest BCUT2D eigenvalue weighted by molar-refractivity contribution is -0.120. The predicted octanol–water partition coefficient (Wildman–Crippen LogP) is 3.73. The summed E-state index contributed by atoms with van der Waals surface area (Å²) in [6.45, 7) is 6.18. The van der Waals surface area contributed by atoms with E-state index in [0.29, 0.717) is 5.69 Å². The number of rotatable bonds is 6. The Morgan fingerprint density at radius 1 is 1.28 bits per heavy atom. The van der Waals surface area contributed by atoms with Gasteiger partial charge in [0.2, 0.25) is 5.91 Å². The molecule has 3 N–H and O–H groups in total. The molecule has 1 amide bonds. The first-order chi connectivity index (χ1) is 8.60. The summed E-state index contributed by atoms with van der Waals surface area (Å²) < 4.78 is 0. The van der Waals surface area contributed by atoms with E-state index in [1.165, 1.54) is 0 Å². The number of aryl methyl sites for hydroxylation is 1. The van der Waals surface area contributed by atoms with Gasteiger partial charge in [0, 0.05) is 5.92 Å². The molecule has 0 bridgehead atoms. The van der Waals surface area contributed by atoms with Gasteiger partial charge in [-0.05, 0) is 31.4 Å². The number of hydrogen-bond donors (Lipinski definition) is 2. The molecule has 0 unspecified atom stereocenters. The average molecular weight is 248 g/mol. The number of benzene rings is 1. The van der Waals surface area contributed by atoms with Gasteiger partial charge in [-0.25, -0.2) is 0 Å². The van der Waals surface area contributed by atoms with E-state index in [9.17, 15) is 4.79 Å². The summed E-state index contributed by atoms with van der Waals surface area (Å²) >= 11 is 0. The van der Waals surface area contributed by atoms with E-state index in [1.807, 2.05) is 25.1 Å². The van der Waals surface area contributed by atoms with Gasteiger partial charge >= 0.3 is 0 Å². The normalized spacial score (nSPS) is 10.7. The van der Waals surface area contributed by atoms with Crippen LogP contribution in [-0.2, 0) is 4.79 Å². The van der Waals surface area contributed by atoms with Gasteiger partial charge in [-0.3, -0.25) is 4.79 Å². The molecule has 0 saturated heterocycles. The average Bonchev–Trinajstić information content (AvgIpc) is 2.33. The fourth-order valence-electron chi connectivity index (χ4n) is 2.19. The summed E-state index contributed by atoms with van der Waals surface area (Å²) in [4.78, 5) is 12.2. The molecule has 0 heterocycles. The van der Waals surface area contributed by atoms with E-state index in [2.05, 4.69) is 19.2 Å². The van der Waals surface area contributed by atoms with Crippen LogP contribution in [0.2, 0.25) is 0 Å². The van der Waals surface area contributed by atoms with E-state index in [1.54, 1.807) is 0 Å². The first-order valence-corrected chi connectivity index (χ1v) is 6.76. The second kappa shape index (κ2) is 7.04. The number of amides is 1. The maximum absolute atomic E-state index is 12.2. The highest BCUT2D eigenvalue weighted by molar-refractivity contribution is 5.96. The third-order valence-electron chi connectivity index (χ3n) is 3.20. The minimum absolute atomic E-state index is 0.0963. The molecule has 0 aliphatic carbocycles. The van der Waals surface area contributed by atoms with Gasteiger partial charge in [0.25, 0.3) is 0 Å². The Balaban J connectivity index is 2.79. The lowest BCUT2D eigenvalue weighted by Crippen LogP contribution is -2.23. The SMILES string of the molecule is CCCC(CCC)C(=O)Nc1c(C)cccc1N. The molecule has 0 aliphatic rings. The highest BCUT2D eigenvalue weighted by Crippen LogP contribution is 2.24. The van der Waals surface area contributed by atoms with Crippen LogP contribution in [0.3, 0.4) is 0 Å². The third kappa shape index (κ3) is 3.76. The Kier molecular flexibility index (Phi) is 5.69. The van der Waals surface area contributed by atoms with Crippen molar-refractivity contribution < 1.29 is 4.79 Å². The highest BCUT2D eigenvalue weighted by Gasteiger charge is 2.18. The summed E-state index contributed by atoms with van der Waals surface area (Å²) in [5.41, 5.74) is 8.31. The molecule has 1 rings (SSSR count). The van der Waals surface area contributed by atoms with Crippen molar-refractivity contribution in [2.24, 2.45) is 5.92 Å². The zero-order valence-electron chi connectivity index (χ0n) is 11.6. The molecule has 3 heteroatoms. The van der Waals surface area contributed by atoms with Gasteiger partial charge < -0.3 is 11.1 Å². The minimum atomic E-state index is 0.0963. The lowest BCUT2D eigenvalue weighted by atomic mass is 9.97. The number of nitrogens with two attached hydrogens (primary N) is 1.